The van der Waals surface area contributed by atoms with Crippen LogP contribution in [0.3, 0.4) is 0 Å². The first kappa shape index (κ1) is 22.3. The van der Waals surface area contributed by atoms with E-state index in [4.69, 9.17) is 18.9 Å². The smallest absolute Gasteiger partial charge is 0.457 e. The second-order valence-electron chi connectivity index (χ2n) is 10.8. The fraction of sp³-hybridized carbons (Fsp3) is 0.783. The van der Waals surface area contributed by atoms with Crippen LogP contribution in [0.4, 0.5) is 4.79 Å². The molecule has 2 saturated heterocycles. The quantitative estimate of drug-likeness (QED) is 0.520. The number of carbonyl (C=O) groups is 3. The van der Waals surface area contributed by atoms with Gasteiger partial charge in [0.2, 0.25) is 5.60 Å². The van der Waals surface area contributed by atoms with Gasteiger partial charge in [-0.05, 0) is 32.1 Å². The highest BCUT2D eigenvalue weighted by molar-refractivity contribution is 5.95. The van der Waals surface area contributed by atoms with Crippen LogP contribution in [0.25, 0.3) is 0 Å². The Morgan fingerprint density at radius 1 is 1.23 bits per heavy atom. The van der Waals surface area contributed by atoms with Crippen LogP contribution in [-0.2, 0) is 28.5 Å². The molecule has 4 rings (SSSR count). The maximum Gasteiger partial charge on any atom is 0.509 e. The molecule has 1 N–H and O–H groups in total. The van der Waals surface area contributed by atoms with Gasteiger partial charge in [-0.25, -0.2) is 4.79 Å². The lowest BCUT2D eigenvalue weighted by atomic mass is 9.39. The Kier molecular flexibility index (Phi) is 4.54. The molecule has 172 valence electrons. The monoisotopic (exact) mass is 436 g/mol. The van der Waals surface area contributed by atoms with Crippen molar-refractivity contribution in [2.24, 2.45) is 16.7 Å². The number of ether oxygens (including phenoxy) is 4. The Labute approximate surface area is 182 Å². The van der Waals surface area contributed by atoms with Crippen molar-refractivity contribution in [3.63, 3.8) is 0 Å². The third kappa shape index (κ3) is 2.52. The Balaban J connectivity index is 2.05. The molecule has 0 radical (unpaired) electrons. The van der Waals surface area contributed by atoms with Crippen LogP contribution in [0.15, 0.2) is 12.7 Å². The van der Waals surface area contributed by atoms with E-state index >= 15 is 0 Å². The van der Waals surface area contributed by atoms with Crippen LogP contribution in [0.2, 0.25) is 0 Å². The zero-order chi connectivity index (χ0) is 23.2. The van der Waals surface area contributed by atoms with Gasteiger partial charge >= 0.3 is 12.1 Å². The number of rotatable bonds is 2. The lowest BCUT2D eigenvalue weighted by Gasteiger charge is -2.72. The maximum absolute atomic E-state index is 14.0. The molecule has 8 nitrogen and oxygen atoms in total. The molecule has 31 heavy (non-hydrogen) atoms. The molecule has 0 bridgehead atoms. The Morgan fingerprint density at radius 3 is 2.45 bits per heavy atom. The van der Waals surface area contributed by atoms with Crippen LogP contribution in [0, 0.1) is 16.7 Å². The molecule has 2 heterocycles. The Bertz CT molecular complexity index is 866. The van der Waals surface area contributed by atoms with E-state index in [1.807, 2.05) is 20.8 Å². The molecule has 8 atom stereocenters. The fourth-order valence-electron chi connectivity index (χ4n) is 7.33. The van der Waals surface area contributed by atoms with Gasteiger partial charge in [-0.3, -0.25) is 9.59 Å². The summed E-state index contributed by atoms with van der Waals surface area (Å²) in [4.78, 5) is 38.8. The van der Waals surface area contributed by atoms with Crippen molar-refractivity contribution in [1.29, 1.82) is 0 Å². The minimum atomic E-state index is -1.80. The molecule has 0 aromatic heterocycles. The van der Waals surface area contributed by atoms with Crippen molar-refractivity contribution in [3.05, 3.63) is 12.7 Å². The summed E-state index contributed by atoms with van der Waals surface area (Å²) in [7, 11) is 0. The normalized spacial score (nSPS) is 50.3. The van der Waals surface area contributed by atoms with Crippen LogP contribution in [0.5, 0.6) is 0 Å². The highest BCUT2D eigenvalue weighted by Crippen LogP contribution is 2.70. The van der Waals surface area contributed by atoms with Gasteiger partial charge in [-0.15, -0.1) is 6.58 Å². The molecule has 4 fully saturated rings. The first-order valence-corrected chi connectivity index (χ1v) is 10.8. The van der Waals surface area contributed by atoms with E-state index in [1.54, 1.807) is 13.8 Å². The van der Waals surface area contributed by atoms with Crippen LogP contribution < -0.4 is 0 Å². The molecule has 1 spiro atoms. The second-order valence-corrected chi connectivity index (χ2v) is 10.8. The molecule has 0 aromatic rings. The summed E-state index contributed by atoms with van der Waals surface area (Å²) in [5, 5.41) is 11.7. The molecule has 2 aliphatic carbocycles. The average Bonchev–Trinajstić information content (AvgIpc) is 2.63. The van der Waals surface area contributed by atoms with E-state index in [-0.39, 0.29) is 12.2 Å². The van der Waals surface area contributed by atoms with Gasteiger partial charge in [0.15, 0.2) is 17.5 Å². The van der Waals surface area contributed by atoms with Gasteiger partial charge in [0.25, 0.3) is 0 Å². The number of hydrogen-bond donors (Lipinski definition) is 1. The number of esters is 1. The first-order chi connectivity index (χ1) is 14.2. The summed E-state index contributed by atoms with van der Waals surface area (Å²) in [5.74, 6) is -1.54. The standard InChI is InChI=1S/C23H32O8/c1-8-20(5)11-13(25)23-21(6)14(29-18(27)30-23)9-10-19(3,4)16(21)15(26)17(28-12(2)24)22(23,7)31-20/h8,14-17,26H,1,9-11H2,2-7H3/t14-,15?,16-,17?,20-,21?,22+,23-/m0/s1. The Hall–Kier alpha value is -1.93. The van der Waals surface area contributed by atoms with Gasteiger partial charge < -0.3 is 24.1 Å². The molecule has 0 aromatic carbocycles. The highest BCUT2D eigenvalue weighted by atomic mass is 16.8. The van der Waals surface area contributed by atoms with Crippen LogP contribution in [-0.4, -0.2) is 58.1 Å². The minimum Gasteiger partial charge on any atom is -0.457 e. The fourth-order valence-corrected chi connectivity index (χ4v) is 7.33. The largest absolute Gasteiger partial charge is 0.509 e. The van der Waals surface area contributed by atoms with Gasteiger partial charge in [-0.1, -0.05) is 26.8 Å². The summed E-state index contributed by atoms with van der Waals surface area (Å²) in [5.41, 5.74) is -6.11. The van der Waals surface area contributed by atoms with E-state index in [0.717, 1.165) is 0 Å². The number of aliphatic hydroxyl groups excluding tert-OH is 1. The van der Waals surface area contributed by atoms with Crippen molar-refractivity contribution in [2.45, 2.75) is 95.9 Å². The van der Waals surface area contributed by atoms with Crippen LogP contribution in [0.1, 0.15) is 60.8 Å². The van der Waals surface area contributed by atoms with Gasteiger partial charge in [0.1, 0.15) is 6.10 Å². The minimum absolute atomic E-state index is 0.0717. The number of Topliss-reactive ketones (excluding diaryl/α,β-unsaturated/α-hetero) is 1. The SMILES string of the molecule is C=C[C@@]1(C)CC(=O)[C@@]23OC(=O)O[C@H]4CCC(C)(C)[C@H](C(O)C(OC(C)=O)[C@@]2(C)O1)C43C. The molecule has 8 heteroatoms. The summed E-state index contributed by atoms with van der Waals surface area (Å²) in [6, 6.07) is 0. The van der Waals surface area contributed by atoms with E-state index in [1.165, 1.54) is 13.0 Å². The number of hydrogen-bond acceptors (Lipinski definition) is 8. The molecule has 4 aliphatic rings. The number of ketones is 1. The van der Waals surface area contributed by atoms with E-state index < -0.39 is 64.0 Å². The predicted molar refractivity (Wildman–Crippen MR) is 108 cm³/mol. The molecule has 3 unspecified atom stereocenters. The second kappa shape index (κ2) is 6.32. The van der Waals surface area contributed by atoms with Gasteiger partial charge in [0.05, 0.1) is 17.1 Å². The van der Waals surface area contributed by atoms with Crippen molar-refractivity contribution >= 4 is 17.9 Å². The average molecular weight is 437 g/mol. The number of aliphatic hydroxyl groups is 1. The third-order valence-electron chi connectivity index (χ3n) is 8.41. The Morgan fingerprint density at radius 2 is 1.87 bits per heavy atom. The number of carbonyl (C=O) groups excluding carboxylic acids is 3. The van der Waals surface area contributed by atoms with Crippen molar-refractivity contribution < 1.29 is 38.4 Å². The molecular weight excluding hydrogens is 404 g/mol. The van der Waals surface area contributed by atoms with E-state index in [0.29, 0.717) is 12.8 Å². The summed E-state index contributed by atoms with van der Waals surface area (Å²) in [6.07, 6.45) is -1.41. The predicted octanol–water partition coefficient (Wildman–Crippen LogP) is 2.70. The zero-order valence-corrected chi connectivity index (χ0v) is 19.0. The summed E-state index contributed by atoms with van der Waals surface area (Å²) in [6.45, 7) is 14.2. The summed E-state index contributed by atoms with van der Waals surface area (Å²) < 4.78 is 23.6. The molecular formula is C23H32O8. The van der Waals surface area contributed by atoms with E-state index in [9.17, 15) is 19.5 Å². The summed E-state index contributed by atoms with van der Waals surface area (Å²) >= 11 is 0. The maximum atomic E-state index is 14.0. The third-order valence-corrected chi connectivity index (χ3v) is 8.41. The first-order valence-electron chi connectivity index (χ1n) is 10.8. The topological polar surface area (TPSA) is 108 Å². The lowest BCUT2D eigenvalue weighted by Crippen LogP contribution is -2.89. The lowest BCUT2D eigenvalue weighted by molar-refractivity contribution is -0.386. The molecule has 2 saturated carbocycles. The van der Waals surface area contributed by atoms with E-state index in [2.05, 4.69) is 6.58 Å². The van der Waals surface area contributed by atoms with Crippen molar-refractivity contribution in [1.82, 2.24) is 0 Å². The molecule has 0 amide bonds. The van der Waals surface area contributed by atoms with Crippen molar-refractivity contribution in [2.75, 3.05) is 0 Å². The zero-order valence-electron chi connectivity index (χ0n) is 19.0. The highest BCUT2D eigenvalue weighted by Gasteiger charge is 2.85. The molecule has 2 aliphatic heterocycles. The van der Waals surface area contributed by atoms with Crippen molar-refractivity contribution in [3.8, 4) is 0 Å². The van der Waals surface area contributed by atoms with Crippen LogP contribution >= 0.6 is 0 Å². The van der Waals surface area contributed by atoms with Gasteiger partial charge in [-0.2, -0.15) is 0 Å². The van der Waals surface area contributed by atoms with Gasteiger partial charge in [0, 0.05) is 19.3 Å².